The molecule has 0 fully saturated rings. The highest BCUT2D eigenvalue weighted by Crippen LogP contribution is 2.52. The number of aliphatic imine (C=N–C) groups is 1. The first-order chi connectivity index (χ1) is 25.8. The third-order valence-corrected chi connectivity index (χ3v) is 10.6. The Balaban J connectivity index is 0.000000185. The maximum Gasteiger partial charge on any atom is 0.154 e. The Labute approximate surface area is 308 Å². The van der Waals surface area contributed by atoms with Gasteiger partial charge in [0.2, 0.25) is 0 Å². The molecule has 3 N–H and O–H groups in total. The molecule has 1 aliphatic carbocycles. The number of hydrogen-bond acceptors (Lipinski definition) is 2. The van der Waals surface area contributed by atoms with Gasteiger partial charge in [-0.3, -0.25) is 5.41 Å². The van der Waals surface area contributed by atoms with Crippen LogP contribution in [-0.2, 0) is 5.41 Å². The summed E-state index contributed by atoms with van der Waals surface area (Å²) in [6.07, 6.45) is 0. The lowest BCUT2D eigenvalue weighted by Gasteiger charge is -2.21. The van der Waals surface area contributed by atoms with E-state index in [2.05, 4.69) is 121 Å². The number of furan rings is 1. The van der Waals surface area contributed by atoms with Crippen LogP contribution in [0.1, 0.15) is 41.7 Å². The summed E-state index contributed by atoms with van der Waals surface area (Å²) in [6, 6.07) is 54.2. The largest absolute Gasteiger partial charge is 0.456 e. The van der Waals surface area contributed by atoms with Gasteiger partial charge < -0.3 is 14.7 Å². The molecule has 9 aromatic rings. The first kappa shape index (κ1) is 32.2. The Bertz CT molecular complexity index is 2880. The second kappa shape index (κ2) is 12.5. The van der Waals surface area contributed by atoms with Gasteiger partial charge >= 0.3 is 0 Å². The van der Waals surface area contributed by atoms with Gasteiger partial charge in [-0.05, 0) is 77.7 Å². The Morgan fingerprint density at radius 3 is 1.89 bits per heavy atom. The lowest BCUT2D eigenvalue weighted by Crippen LogP contribution is -2.15. The van der Waals surface area contributed by atoms with Crippen LogP contribution < -0.4 is 5.73 Å². The summed E-state index contributed by atoms with van der Waals surface area (Å²) in [7, 11) is 0. The fourth-order valence-electron chi connectivity index (χ4n) is 7.84. The van der Waals surface area contributed by atoms with Gasteiger partial charge in [0.05, 0.1) is 11.0 Å². The van der Waals surface area contributed by atoms with E-state index in [1.54, 1.807) is 0 Å². The molecule has 5 nitrogen and oxygen atoms in total. The lowest BCUT2D eigenvalue weighted by molar-refractivity contribution is 0.647. The van der Waals surface area contributed by atoms with E-state index < -0.39 is 0 Å². The van der Waals surface area contributed by atoms with Gasteiger partial charge in [0.25, 0.3) is 0 Å². The molecule has 0 radical (unpaired) electrons. The molecule has 5 heteroatoms. The Kier molecular flexibility index (Phi) is 7.59. The zero-order valence-corrected chi connectivity index (χ0v) is 29.9. The van der Waals surface area contributed by atoms with E-state index in [9.17, 15) is 0 Å². The average molecular weight is 687 g/mol. The maximum atomic E-state index is 7.84. The number of amidine groups is 2. The molecule has 53 heavy (non-hydrogen) atoms. The van der Waals surface area contributed by atoms with Gasteiger partial charge in [0, 0.05) is 43.8 Å². The summed E-state index contributed by atoms with van der Waals surface area (Å²) in [5.41, 5.74) is 19.6. The van der Waals surface area contributed by atoms with Crippen LogP contribution in [0.5, 0.6) is 0 Å². The molecule has 0 atom stereocenters. The van der Waals surface area contributed by atoms with E-state index in [1.165, 1.54) is 66.1 Å². The summed E-state index contributed by atoms with van der Waals surface area (Å²) < 4.78 is 8.69. The van der Waals surface area contributed by atoms with Crippen molar-refractivity contribution in [3.05, 3.63) is 186 Å². The molecule has 1 aliphatic rings. The van der Waals surface area contributed by atoms with E-state index in [4.69, 9.17) is 15.6 Å². The van der Waals surface area contributed by atoms with Crippen LogP contribution in [0.2, 0.25) is 0 Å². The topological polar surface area (TPSA) is 80.3 Å². The zero-order valence-electron chi connectivity index (χ0n) is 29.9. The second-order valence-electron chi connectivity index (χ2n) is 14.3. The smallest absolute Gasteiger partial charge is 0.154 e. The number of nitrogens with zero attached hydrogens (tertiary/aromatic N) is 2. The van der Waals surface area contributed by atoms with Crippen molar-refractivity contribution in [2.75, 3.05) is 0 Å². The van der Waals surface area contributed by atoms with Crippen molar-refractivity contribution in [1.29, 1.82) is 5.41 Å². The SMILES string of the molecule is Cc1ccc(-n2c3ccccc3c3cc4c(cc32)C(C)(C)c2cc3oc5ccccc5c3cc2-4)cc1.N=C(N=C(N)c1ccccc1)c1ccccc1. The summed E-state index contributed by atoms with van der Waals surface area (Å²) in [6.45, 7) is 6.83. The molecule has 0 aliphatic heterocycles. The summed E-state index contributed by atoms with van der Waals surface area (Å²) in [5.74, 6) is 0.534. The van der Waals surface area contributed by atoms with E-state index in [-0.39, 0.29) is 11.3 Å². The van der Waals surface area contributed by atoms with E-state index >= 15 is 0 Å². The molecule has 0 amide bonds. The summed E-state index contributed by atoms with van der Waals surface area (Å²) >= 11 is 0. The lowest BCUT2D eigenvalue weighted by atomic mass is 9.82. The molecule has 0 saturated carbocycles. The second-order valence-corrected chi connectivity index (χ2v) is 14.3. The van der Waals surface area contributed by atoms with Crippen LogP contribution in [0, 0.1) is 12.3 Å². The molecule has 10 rings (SSSR count). The number of hydrogen-bond donors (Lipinski definition) is 2. The summed E-state index contributed by atoms with van der Waals surface area (Å²) in [5, 5.41) is 12.8. The highest BCUT2D eigenvalue weighted by Gasteiger charge is 2.37. The number of aryl methyl sites for hydroxylation is 1. The van der Waals surface area contributed by atoms with Crippen molar-refractivity contribution >= 4 is 55.4 Å². The first-order valence-electron chi connectivity index (χ1n) is 17.9. The third-order valence-electron chi connectivity index (χ3n) is 10.6. The number of nitrogens with two attached hydrogens (primary N) is 1. The van der Waals surface area contributed by atoms with E-state index in [0.29, 0.717) is 5.84 Å². The highest BCUT2D eigenvalue weighted by atomic mass is 16.3. The normalized spacial score (nSPS) is 13.2. The minimum Gasteiger partial charge on any atom is -0.456 e. The minimum absolute atomic E-state index is 0.124. The molecule has 0 spiro atoms. The molecule has 2 aromatic heterocycles. The number of benzene rings is 7. The van der Waals surface area contributed by atoms with Crippen molar-refractivity contribution in [3.8, 4) is 16.8 Å². The fraction of sp³-hybridized carbons (Fsp3) is 0.0833. The molecule has 0 bridgehead atoms. The maximum absolute atomic E-state index is 7.84. The monoisotopic (exact) mass is 686 g/mol. The summed E-state index contributed by atoms with van der Waals surface area (Å²) in [4.78, 5) is 4.10. The number of nitrogens with one attached hydrogen (secondary N) is 1. The molecule has 256 valence electrons. The number of para-hydroxylation sites is 2. The van der Waals surface area contributed by atoms with Crippen LogP contribution >= 0.6 is 0 Å². The predicted octanol–water partition coefficient (Wildman–Crippen LogP) is 11.7. The van der Waals surface area contributed by atoms with Crippen LogP contribution in [0.4, 0.5) is 0 Å². The van der Waals surface area contributed by atoms with Crippen molar-refractivity contribution < 1.29 is 4.42 Å². The Morgan fingerprint density at radius 1 is 0.585 bits per heavy atom. The fourth-order valence-corrected chi connectivity index (χ4v) is 7.84. The molecule has 7 aromatic carbocycles. The molecule has 0 unspecified atom stereocenters. The van der Waals surface area contributed by atoms with Gasteiger partial charge in [-0.15, -0.1) is 0 Å². The van der Waals surface area contributed by atoms with Crippen LogP contribution in [-0.4, -0.2) is 16.2 Å². The highest BCUT2D eigenvalue weighted by molar-refractivity contribution is 6.13. The Hall–Kier alpha value is -6.72. The van der Waals surface area contributed by atoms with Crippen LogP contribution in [0.3, 0.4) is 0 Å². The minimum atomic E-state index is -0.124. The van der Waals surface area contributed by atoms with E-state index in [1.807, 2.05) is 66.7 Å². The van der Waals surface area contributed by atoms with Crippen molar-refractivity contribution in [1.82, 2.24) is 4.57 Å². The Morgan fingerprint density at radius 2 is 1.17 bits per heavy atom. The zero-order chi connectivity index (χ0) is 36.3. The quantitative estimate of drug-likeness (QED) is 0.143. The molecule has 0 saturated heterocycles. The van der Waals surface area contributed by atoms with Crippen molar-refractivity contribution in [2.45, 2.75) is 26.2 Å². The van der Waals surface area contributed by atoms with Gasteiger partial charge in [-0.1, -0.05) is 129 Å². The molecular weight excluding hydrogens is 649 g/mol. The average Bonchev–Trinajstić information content (AvgIpc) is 3.79. The predicted molar refractivity (Wildman–Crippen MR) is 221 cm³/mol. The van der Waals surface area contributed by atoms with Gasteiger partial charge in [0.1, 0.15) is 17.0 Å². The number of fused-ring (bicyclic) bond motifs is 9. The number of rotatable bonds is 3. The van der Waals surface area contributed by atoms with Crippen LogP contribution in [0.25, 0.3) is 60.6 Å². The van der Waals surface area contributed by atoms with Gasteiger partial charge in [-0.25, -0.2) is 4.99 Å². The molecular formula is C48H38N4O. The standard InChI is InChI=1S/C34H25NO.C14H13N3/c1-20-12-14-21(15-13-20)35-30-10-6-4-8-22(30)26-16-24-25-17-27-23-9-5-7-11-32(23)36-33(27)19-29(25)34(2,3)28(24)18-31(26)35;15-13(11-7-3-1-4-8-11)17-14(16)12-9-5-2-6-10-12/h4-19H,1-3H3;1-10H,(H3,15,16,17). The molecule has 2 heterocycles. The number of aromatic nitrogens is 1. The van der Waals surface area contributed by atoms with Crippen LogP contribution in [0.15, 0.2) is 167 Å². The van der Waals surface area contributed by atoms with Gasteiger partial charge in [0.15, 0.2) is 5.84 Å². The van der Waals surface area contributed by atoms with Gasteiger partial charge in [-0.2, -0.15) is 0 Å². The van der Waals surface area contributed by atoms with Crippen molar-refractivity contribution in [3.63, 3.8) is 0 Å². The van der Waals surface area contributed by atoms with Crippen molar-refractivity contribution in [2.24, 2.45) is 10.7 Å². The third kappa shape index (κ3) is 5.40. The first-order valence-corrected chi connectivity index (χ1v) is 17.9. The van der Waals surface area contributed by atoms with E-state index in [0.717, 1.165) is 22.3 Å².